The summed E-state index contributed by atoms with van der Waals surface area (Å²) in [4.78, 5) is 82.0. The number of hydrogen-bond donors (Lipinski definition) is 4. The normalized spacial score (nSPS) is 20.5. The lowest BCUT2D eigenvalue weighted by atomic mass is 10.00. The van der Waals surface area contributed by atoms with Gasteiger partial charge in [0.05, 0.1) is 13.7 Å². The Kier molecular flexibility index (Phi) is 14.5. The standard InChI is InChI=1S/C33H48N8O8/c1-20(2)17-25-31(45)37-26(18-23-10-12-24(48-6)13-11-23)33(47)40(5)22(4)30(44)34-14-8-16-41(15-7-9-27(42)36-25)28(43)19-35-32(46)29-21(3)38-49-39-29/h10-13,20,22,25-26H,7-9,14-19H2,1-6H3,(H,34,44)(H,35,46)(H,36,42)(H,37,45)/t22-,25+,26-/m0/s1. The zero-order valence-corrected chi connectivity index (χ0v) is 29.0. The number of carbonyl (C=O) groups is 6. The van der Waals surface area contributed by atoms with Gasteiger partial charge in [0.15, 0.2) is 5.69 Å². The molecule has 1 aromatic heterocycles. The van der Waals surface area contributed by atoms with Crippen LogP contribution < -0.4 is 26.0 Å². The second-order valence-corrected chi connectivity index (χ2v) is 12.5. The maximum Gasteiger partial charge on any atom is 0.275 e. The first-order chi connectivity index (χ1) is 23.3. The lowest BCUT2D eigenvalue weighted by Gasteiger charge is -2.30. The molecule has 1 aliphatic rings. The van der Waals surface area contributed by atoms with Crippen LogP contribution in [0.1, 0.15) is 68.2 Å². The molecule has 3 atom stereocenters. The van der Waals surface area contributed by atoms with E-state index >= 15 is 0 Å². The van der Waals surface area contributed by atoms with Crippen molar-refractivity contribution in [2.24, 2.45) is 5.92 Å². The van der Waals surface area contributed by atoms with Gasteiger partial charge in [-0.3, -0.25) is 28.8 Å². The molecule has 0 aliphatic carbocycles. The summed E-state index contributed by atoms with van der Waals surface area (Å²) in [6, 6.07) is 4.28. The molecule has 2 aromatic rings. The van der Waals surface area contributed by atoms with Gasteiger partial charge < -0.3 is 35.8 Å². The molecule has 0 saturated carbocycles. The van der Waals surface area contributed by atoms with Crippen molar-refractivity contribution in [2.75, 3.05) is 40.3 Å². The Balaban J connectivity index is 1.79. The van der Waals surface area contributed by atoms with Gasteiger partial charge in [0.25, 0.3) is 5.91 Å². The predicted molar refractivity (Wildman–Crippen MR) is 177 cm³/mol. The lowest BCUT2D eigenvalue weighted by molar-refractivity contribution is -0.141. The minimum atomic E-state index is -1.02. The minimum Gasteiger partial charge on any atom is -0.497 e. The highest BCUT2D eigenvalue weighted by atomic mass is 16.6. The number of amides is 6. The zero-order valence-electron chi connectivity index (χ0n) is 29.0. The molecule has 0 bridgehead atoms. The average Bonchev–Trinajstić information content (AvgIpc) is 3.51. The molecule has 1 aromatic carbocycles. The molecule has 16 nitrogen and oxygen atoms in total. The largest absolute Gasteiger partial charge is 0.497 e. The first kappa shape index (κ1) is 38.4. The highest BCUT2D eigenvalue weighted by molar-refractivity contribution is 5.96. The monoisotopic (exact) mass is 684 g/mol. The van der Waals surface area contributed by atoms with Gasteiger partial charge in [0.1, 0.15) is 29.6 Å². The summed E-state index contributed by atoms with van der Waals surface area (Å²) >= 11 is 0. The van der Waals surface area contributed by atoms with Crippen molar-refractivity contribution in [3.05, 3.63) is 41.2 Å². The Morgan fingerprint density at radius 1 is 1.02 bits per heavy atom. The van der Waals surface area contributed by atoms with Crippen LogP contribution in [0, 0.1) is 12.8 Å². The van der Waals surface area contributed by atoms with Crippen molar-refractivity contribution >= 4 is 35.4 Å². The van der Waals surface area contributed by atoms with Crippen LogP contribution in [0.2, 0.25) is 0 Å². The quantitative estimate of drug-likeness (QED) is 0.300. The first-order valence-electron chi connectivity index (χ1n) is 16.4. The molecule has 0 unspecified atom stereocenters. The SMILES string of the molecule is COc1ccc(C[C@@H]2NC(=O)[C@@H](CC(C)C)NC(=O)CCCN(C(=O)CNC(=O)c3nonc3C)CCCNC(=O)[C@H](C)N(C)C2=O)cc1. The van der Waals surface area contributed by atoms with Gasteiger partial charge in [-0.15, -0.1) is 0 Å². The summed E-state index contributed by atoms with van der Waals surface area (Å²) in [6.07, 6.45) is 1.14. The van der Waals surface area contributed by atoms with Crippen LogP contribution in [0.4, 0.5) is 0 Å². The summed E-state index contributed by atoms with van der Waals surface area (Å²) in [5, 5.41) is 18.1. The van der Waals surface area contributed by atoms with Gasteiger partial charge in [-0.05, 0) is 61.9 Å². The third-order valence-electron chi connectivity index (χ3n) is 8.24. The molecule has 16 heteroatoms. The third-order valence-corrected chi connectivity index (χ3v) is 8.24. The van der Waals surface area contributed by atoms with Gasteiger partial charge >= 0.3 is 0 Å². The highest BCUT2D eigenvalue weighted by Gasteiger charge is 2.32. The molecule has 49 heavy (non-hydrogen) atoms. The number of carbonyl (C=O) groups excluding carboxylic acids is 6. The van der Waals surface area contributed by atoms with Crippen LogP contribution in [0.3, 0.4) is 0 Å². The third kappa shape index (κ3) is 11.6. The summed E-state index contributed by atoms with van der Waals surface area (Å²) in [5.41, 5.74) is 1.01. The van der Waals surface area contributed by atoms with Crippen LogP contribution in [-0.4, -0.2) is 114 Å². The van der Waals surface area contributed by atoms with Crippen molar-refractivity contribution in [2.45, 2.75) is 77.9 Å². The van der Waals surface area contributed by atoms with E-state index in [1.54, 1.807) is 45.2 Å². The zero-order chi connectivity index (χ0) is 36.1. The molecule has 1 saturated heterocycles. The number of rotatable bonds is 8. The Labute approximate surface area is 286 Å². The van der Waals surface area contributed by atoms with Crippen LogP contribution in [0.15, 0.2) is 28.9 Å². The maximum absolute atomic E-state index is 13.8. The van der Waals surface area contributed by atoms with E-state index in [0.717, 1.165) is 5.56 Å². The number of benzene rings is 1. The van der Waals surface area contributed by atoms with E-state index in [1.165, 1.54) is 16.8 Å². The Morgan fingerprint density at radius 3 is 2.35 bits per heavy atom. The van der Waals surface area contributed by atoms with Crippen molar-refractivity contribution in [3.8, 4) is 5.75 Å². The predicted octanol–water partition coefficient (Wildman–Crippen LogP) is 0.350. The molecule has 0 radical (unpaired) electrons. The fourth-order valence-corrected chi connectivity index (χ4v) is 5.26. The fraction of sp³-hybridized carbons (Fsp3) is 0.576. The Hall–Kier alpha value is -5.02. The smallest absolute Gasteiger partial charge is 0.275 e. The van der Waals surface area contributed by atoms with E-state index in [1.807, 2.05) is 13.8 Å². The summed E-state index contributed by atoms with van der Waals surface area (Å²) in [5.74, 6) is -2.12. The summed E-state index contributed by atoms with van der Waals surface area (Å²) in [7, 11) is 3.05. The lowest BCUT2D eigenvalue weighted by Crippen LogP contribution is -2.57. The van der Waals surface area contributed by atoms with Gasteiger partial charge in [-0.25, -0.2) is 4.63 Å². The van der Waals surface area contributed by atoms with E-state index in [0.29, 0.717) is 18.6 Å². The van der Waals surface area contributed by atoms with E-state index in [4.69, 9.17) is 4.74 Å². The number of aryl methyl sites for hydroxylation is 1. The fourth-order valence-electron chi connectivity index (χ4n) is 5.26. The van der Waals surface area contributed by atoms with Gasteiger partial charge in [-0.1, -0.05) is 31.1 Å². The topological polar surface area (TPSA) is 205 Å². The molecule has 0 spiro atoms. The molecule has 268 valence electrons. The summed E-state index contributed by atoms with van der Waals surface area (Å²) < 4.78 is 9.78. The summed E-state index contributed by atoms with van der Waals surface area (Å²) in [6.45, 7) is 7.27. The molecule has 1 aliphatic heterocycles. The Morgan fingerprint density at radius 2 is 1.71 bits per heavy atom. The number of likely N-dealkylation sites (N-methyl/N-ethyl adjacent to an activating group) is 1. The van der Waals surface area contributed by atoms with E-state index in [-0.39, 0.29) is 68.7 Å². The van der Waals surface area contributed by atoms with Crippen molar-refractivity contribution in [3.63, 3.8) is 0 Å². The average molecular weight is 685 g/mol. The number of nitrogens with one attached hydrogen (secondary N) is 4. The van der Waals surface area contributed by atoms with Crippen LogP contribution >= 0.6 is 0 Å². The van der Waals surface area contributed by atoms with Gasteiger partial charge in [0, 0.05) is 39.5 Å². The first-order valence-corrected chi connectivity index (χ1v) is 16.4. The number of nitrogens with zero attached hydrogens (tertiary/aromatic N) is 4. The maximum atomic E-state index is 13.8. The highest BCUT2D eigenvalue weighted by Crippen LogP contribution is 2.15. The van der Waals surface area contributed by atoms with Crippen molar-refractivity contribution < 1.29 is 38.1 Å². The van der Waals surface area contributed by atoms with Crippen LogP contribution in [0.5, 0.6) is 5.75 Å². The Bertz CT molecular complexity index is 1460. The van der Waals surface area contributed by atoms with Crippen molar-refractivity contribution in [1.82, 2.24) is 41.4 Å². The molecule has 6 amide bonds. The number of ether oxygens (including phenoxy) is 1. The number of hydrogen-bond acceptors (Lipinski definition) is 10. The number of methoxy groups -OCH3 is 1. The minimum absolute atomic E-state index is 0.0208. The van der Waals surface area contributed by atoms with Crippen LogP contribution in [-0.2, 0) is 30.4 Å². The van der Waals surface area contributed by atoms with E-state index in [2.05, 4.69) is 36.2 Å². The molecule has 4 N–H and O–H groups in total. The van der Waals surface area contributed by atoms with E-state index in [9.17, 15) is 28.8 Å². The second kappa shape index (κ2) is 18.5. The second-order valence-electron chi connectivity index (χ2n) is 12.5. The van der Waals surface area contributed by atoms with E-state index < -0.39 is 47.7 Å². The molecular formula is C33H48N8O8. The number of aromatic nitrogens is 2. The van der Waals surface area contributed by atoms with Crippen molar-refractivity contribution in [1.29, 1.82) is 0 Å². The van der Waals surface area contributed by atoms with Gasteiger partial charge in [0.2, 0.25) is 29.5 Å². The van der Waals surface area contributed by atoms with Crippen LogP contribution in [0.25, 0.3) is 0 Å². The molecule has 2 heterocycles. The van der Waals surface area contributed by atoms with Gasteiger partial charge in [-0.2, -0.15) is 0 Å². The molecule has 3 rings (SSSR count). The molecular weight excluding hydrogens is 636 g/mol. The molecule has 1 fully saturated rings.